The minimum atomic E-state index is -0.230. The van der Waals surface area contributed by atoms with Gasteiger partial charge in [0.1, 0.15) is 5.75 Å². The zero-order chi connectivity index (χ0) is 24.3. The Bertz CT molecular complexity index is 1110. The van der Waals surface area contributed by atoms with Gasteiger partial charge in [-0.2, -0.15) is 0 Å². The van der Waals surface area contributed by atoms with Crippen LogP contribution < -0.4 is 4.74 Å². The number of carbonyl (C=O) groups is 3. The summed E-state index contributed by atoms with van der Waals surface area (Å²) in [5, 5.41) is 0. The molecule has 184 valence electrons. The highest BCUT2D eigenvalue weighted by molar-refractivity contribution is 6.05. The number of methoxy groups -OCH3 is 1. The quantitative estimate of drug-likeness (QED) is 0.492. The van der Waals surface area contributed by atoms with Gasteiger partial charge in [-0.05, 0) is 74.0 Å². The van der Waals surface area contributed by atoms with Crippen molar-refractivity contribution in [1.82, 2.24) is 9.80 Å². The summed E-state index contributed by atoms with van der Waals surface area (Å²) in [6.45, 7) is 3.56. The molecule has 0 aromatic heterocycles. The summed E-state index contributed by atoms with van der Waals surface area (Å²) in [5.74, 6) is 1.51. The summed E-state index contributed by atoms with van der Waals surface area (Å²) in [5.41, 5.74) is 2.47. The van der Waals surface area contributed by atoms with Crippen molar-refractivity contribution in [3.05, 3.63) is 53.6 Å². The topological polar surface area (TPSA) is 66.9 Å². The van der Waals surface area contributed by atoms with Gasteiger partial charge in [0, 0.05) is 25.6 Å². The first-order valence-corrected chi connectivity index (χ1v) is 13.1. The van der Waals surface area contributed by atoms with Crippen LogP contribution in [0.4, 0.5) is 0 Å². The van der Waals surface area contributed by atoms with Gasteiger partial charge in [-0.3, -0.25) is 19.3 Å². The monoisotopic (exact) mass is 474 g/mol. The highest BCUT2D eigenvalue weighted by Gasteiger charge is 2.60. The number of nitrogens with zero attached hydrogens (tertiary/aromatic N) is 2. The van der Waals surface area contributed by atoms with Crippen molar-refractivity contribution < 1.29 is 19.1 Å². The third-order valence-electron chi connectivity index (χ3n) is 9.42. The van der Waals surface area contributed by atoms with E-state index in [4.69, 9.17) is 4.74 Å². The average Bonchev–Trinajstić information content (AvgIpc) is 3.31. The SMILES string of the molecule is CCN1C(=O)[C@@H]2[C@H]3C(=CC[C@@H]2C1=O)CC[C@@H]1[C@@H]3C[C@H]2C=CCN(Cc3ccc(OC)cc3)C(=O)[C@@H]12. The minimum Gasteiger partial charge on any atom is -0.497 e. The van der Waals surface area contributed by atoms with Gasteiger partial charge in [0.05, 0.1) is 18.9 Å². The van der Waals surface area contributed by atoms with Gasteiger partial charge in [0.2, 0.25) is 17.7 Å². The number of carbonyl (C=O) groups excluding carboxylic acids is 3. The van der Waals surface area contributed by atoms with Crippen molar-refractivity contribution in [2.45, 2.75) is 39.2 Å². The fourth-order valence-corrected chi connectivity index (χ4v) is 7.91. The van der Waals surface area contributed by atoms with Crippen LogP contribution in [0.3, 0.4) is 0 Å². The molecule has 0 spiro atoms. The molecular weight excluding hydrogens is 440 g/mol. The van der Waals surface area contributed by atoms with Crippen LogP contribution in [0.2, 0.25) is 0 Å². The van der Waals surface area contributed by atoms with Gasteiger partial charge in [0.25, 0.3) is 0 Å². The van der Waals surface area contributed by atoms with E-state index in [2.05, 4.69) is 18.2 Å². The molecule has 6 heteroatoms. The van der Waals surface area contributed by atoms with E-state index in [1.165, 1.54) is 10.5 Å². The number of rotatable bonds is 4. The number of fused-ring (bicyclic) bond motifs is 7. The zero-order valence-corrected chi connectivity index (χ0v) is 20.6. The van der Waals surface area contributed by atoms with Gasteiger partial charge in [-0.15, -0.1) is 0 Å². The van der Waals surface area contributed by atoms with Crippen LogP contribution in [-0.2, 0) is 20.9 Å². The molecule has 3 amide bonds. The van der Waals surface area contributed by atoms with Crippen LogP contribution in [0.1, 0.15) is 38.2 Å². The first kappa shape index (κ1) is 22.6. The molecule has 3 aliphatic carbocycles. The first-order chi connectivity index (χ1) is 17.0. The molecule has 2 heterocycles. The van der Waals surface area contributed by atoms with Crippen LogP contribution in [0, 0.1) is 41.4 Å². The van der Waals surface area contributed by atoms with E-state index in [0.717, 1.165) is 30.6 Å². The smallest absolute Gasteiger partial charge is 0.233 e. The summed E-state index contributed by atoms with van der Waals surface area (Å²) >= 11 is 0. The van der Waals surface area contributed by atoms with Gasteiger partial charge in [-0.25, -0.2) is 0 Å². The molecule has 1 aromatic carbocycles. The Morgan fingerprint density at radius 3 is 2.51 bits per heavy atom. The molecule has 6 nitrogen and oxygen atoms in total. The highest BCUT2D eigenvalue weighted by Crippen LogP contribution is 2.59. The Morgan fingerprint density at radius 2 is 1.77 bits per heavy atom. The van der Waals surface area contributed by atoms with Crippen LogP contribution >= 0.6 is 0 Å². The zero-order valence-electron chi connectivity index (χ0n) is 20.6. The van der Waals surface area contributed by atoms with Crippen LogP contribution in [0.5, 0.6) is 5.75 Å². The summed E-state index contributed by atoms with van der Waals surface area (Å²) in [6.07, 6.45) is 10.3. The molecule has 1 saturated heterocycles. The number of ether oxygens (including phenoxy) is 1. The van der Waals surface area contributed by atoms with E-state index in [9.17, 15) is 14.4 Å². The second kappa shape index (κ2) is 8.65. The fourth-order valence-electron chi connectivity index (χ4n) is 7.91. The molecule has 35 heavy (non-hydrogen) atoms. The lowest BCUT2D eigenvalue weighted by molar-refractivity contribution is -0.140. The normalized spacial score (nSPS) is 35.8. The summed E-state index contributed by atoms with van der Waals surface area (Å²) in [7, 11) is 1.66. The third-order valence-corrected chi connectivity index (χ3v) is 9.42. The molecule has 7 atom stereocenters. The number of benzene rings is 1. The maximum atomic E-state index is 13.9. The van der Waals surface area contributed by atoms with Crippen molar-refractivity contribution in [3.8, 4) is 5.75 Å². The number of amides is 3. The predicted octanol–water partition coefficient (Wildman–Crippen LogP) is 3.82. The van der Waals surface area contributed by atoms with Crippen LogP contribution in [0.25, 0.3) is 0 Å². The van der Waals surface area contributed by atoms with E-state index in [0.29, 0.717) is 32.0 Å². The first-order valence-electron chi connectivity index (χ1n) is 13.1. The molecular formula is C29H34N2O4. The lowest BCUT2D eigenvalue weighted by atomic mass is 9.59. The molecule has 6 rings (SSSR count). The van der Waals surface area contributed by atoms with Crippen molar-refractivity contribution >= 4 is 17.7 Å². The molecule has 0 radical (unpaired) electrons. The molecule has 5 aliphatic rings. The largest absolute Gasteiger partial charge is 0.497 e. The number of hydrogen-bond acceptors (Lipinski definition) is 4. The fraction of sp³-hybridized carbons (Fsp3) is 0.552. The minimum absolute atomic E-state index is 0.00813. The summed E-state index contributed by atoms with van der Waals surface area (Å²) < 4.78 is 5.27. The van der Waals surface area contributed by atoms with Crippen molar-refractivity contribution in [2.24, 2.45) is 41.4 Å². The van der Waals surface area contributed by atoms with Gasteiger partial charge in [0.15, 0.2) is 0 Å². The average molecular weight is 475 g/mol. The van der Waals surface area contributed by atoms with Gasteiger partial charge >= 0.3 is 0 Å². The maximum absolute atomic E-state index is 13.9. The van der Waals surface area contributed by atoms with Crippen molar-refractivity contribution in [2.75, 3.05) is 20.2 Å². The molecule has 0 bridgehead atoms. The van der Waals surface area contributed by atoms with Crippen LogP contribution in [0.15, 0.2) is 48.1 Å². The Balaban J connectivity index is 1.27. The third kappa shape index (κ3) is 3.47. The van der Waals surface area contributed by atoms with E-state index in [1.54, 1.807) is 7.11 Å². The molecule has 0 N–H and O–H groups in total. The Labute approximate surface area is 207 Å². The Morgan fingerprint density at radius 1 is 0.971 bits per heavy atom. The van der Waals surface area contributed by atoms with Crippen molar-refractivity contribution in [1.29, 1.82) is 0 Å². The van der Waals surface area contributed by atoms with E-state index in [-0.39, 0.29) is 53.2 Å². The number of allylic oxidation sites excluding steroid dienone is 3. The van der Waals surface area contributed by atoms with Gasteiger partial charge < -0.3 is 9.64 Å². The second-order valence-corrected chi connectivity index (χ2v) is 10.9. The van der Waals surface area contributed by atoms with E-state index in [1.807, 2.05) is 36.1 Å². The Hall–Kier alpha value is -2.89. The molecule has 3 fully saturated rings. The molecule has 2 aliphatic heterocycles. The Kier molecular flexibility index (Phi) is 5.58. The number of likely N-dealkylation sites (tertiary alicyclic amines) is 1. The maximum Gasteiger partial charge on any atom is 0.233 e. The van der Waals surface area contributed by atoms with E-state index >= 15 is 0 Å². The van der Waals surface area contributed by atoms with Gasteiger partial charge in [-0.1, -0.05) is 35.9 Å². The lowest BCUT2D eigenvalue weighted by Crippen LogP contribution is -2.43. The second-order valence-electron chi connectivity index (χ2n) is 10.9. The van der Waals surface area contributed by atoms with Crippen LogP contribution in [-0.4, -0.2) is 47.7 Å². The standard InChI is InChI=1S/C29H34N2O4/c1-3-31-27(32)22-13-9-18-8-12-21-23(24(18)26(22)29(31)34)15-19-5-4-14-30(28(33)25(19)21)16-17-6-10-20(35-2)11-7-17/h4-7,9-11,19,21-26H,3,8,12-16H2,1-2H3/t19-,21-,22+,23+,24+,25-,26+/m1/s1. The number of hydrogen-bond donors (Lipinski definition) is 0. The van der Waals surface area contributed by atoms with E-state index < -0.39 is 0 Å². The van der Waals surface area contributed by atoms with Crippen molar-refractivity contribution in [3.63, 3.8) is 0 Å². The predicted molar refractivity (Wildman–Crippen MR) is 131 cm³/mol. The summed E-state index contributed by atoms with van der Waals surface area (Å²) in [6, 6.07) is 7.93. The molecule has 0 unspecified atom stereocenters. The highest BCUT2D eigenvalue weighted by atomic mass is 16.5. The number of imide groups is 1. The summed E-state index contributed by atoms with van der Waals surface area (Å²) in [4.78, 5) is 43.7. The molecule has 2 saturated carbocycles. The molecule has 1 aromatic rings. The lowest BCUT2D eigenvalue weighted by Gasteiger charge is -2.43.